The lowest BCUT2D eigenvalue weighted by atomic mass is 9.47. The second-order valence-electron chi connectivity index (χ2n) is 11.1. The maximum atomic E-state index is 13.9. The first kappa shape index (κ1) is 22.1. The van der Waals surface area contributed by atoms with E-state index in [1.54, 1.807) is 37.4 Å². The Labute approximate surface area is 209 Å². The summed E-state index contributed by atoms with van der Waals surface area (Å²) in [6.07, 6.45) is 2.58. The smallest absolute Gasteiger partial charge is 0.235 e. The van der Waals surface area contributed by atoms with Crippen LogP contribution in [0.2, 0.25) is 0 Å². The highest BCUT2D eigenvalue weighted by atomic mass is 16.5. The van der Waals surface area contributed by atoms with Crippen LogP contribution in [0.1, 0.15) is 36.8 Å². The molecule has 2 aliphatic heterocycles. The number of carbonyl (C=O) groups is 2. The predicted molar refractivity (Wildman–Crippen MR) is 130 cm³/mol. The first-order valence-electron chi connectivity index (χ1n) is 12.8. The molecule has 5 aliphatic rings. The third-order valence-electron chi connectivity index (χ3n) is 9.28. The molecule has 3 aliphatic carbocycles. The second kappa shape index (κ2) is 7.46. The van der Waals surface area contributed by atoms with E-state index in [1.165, 1.54) is 12.8 Å². The zero-order valence-corrected chi connectivity index (χ0v) is 20.2. The quantitative estimate of drug-likeness (QED) is 0.553. The van der Waals surface area contributed by atoms with Crippen molar-refractivity contribution in [3.63, 3.8) is 0 Å². The molecule has 1 spiro atoms. The van der Waals surface area contributed by atoms with E-state index < -0.39 is 28.9 Å². The van der Waals surface area contributed by atoms with Crippen molar-refractivity contribution in [2.24, 2.45) is 11.8 Å². The summed E-state index contributed by atoms with van der Waals surface area (Å²) in [5, 5.41) is 26.1. The number of nitrogens with one attached hydrogen (secondary N) is 1. The van der Waals surface area contributed by atoms with Gasteiger partial charge < -0.3 is 25.0 Å². The fourth-order valence-electron chi connectivity index (χ4n) is 7.45. The number of Topliss-reactive ketones (excluding diaryl/α,β-unsaturated/α-hetero) is 1. The molecular weight excluding hydrogens is 460 g/mol. The first-order valence-corrected chi connectivity index (χ1v) is 12.8. The third-order valence-corrected chi connectivity index (χ3v) is 9.28. The number of benzene rings is 2. The molecule has 2 saturated carbocycles. The molecule has 5 atom stereocenters. The van der Waals surface area contributed by atoms with Crippen molar-refractivity contribution < 1.29 is 29.3 Å². The fourth-order valence-corrected chi connectivity index (χ4v) is 7.45. The van der Waals surface area contributed by atoms with Crippen molar-refractivity contribution in [1.29, 1.82) is 0 Å². The number of ketones is 1. The molecule has 2 aromatic rings. The number of rotatable bonds is 5. The van der Waals surface area contributed by atoms with Crippen molar-refractivity contribution in [2.75, 3.05) is 25.5 Å². The van der Waals surface area contributed by atoms with Crippen LogP contribution in [-0.2, 0) is 21.4 Å². The van der Waals surface area contributed by atoms with E-state index in [4.69, 9.17) is 9.47 Å². The number of methoxy groups -OCH3 is 1. The van der Waals surface area contributed by atoms with E-state index in [0.29, 0.717) is 35.9 Å². The molecule has 2 bridgehead atoms. The van der Waals surface area contributed by atoms with Crippen LogP contribution in [0, 0.1) is 11.8 Å². The molecule has 1 unspecified atom stereocenters. The van der Waals surface area contributed by atoms with Crippen molar-refractivity contribution in [3.05, 3.63) is 47.5 Å². The number of hydrogen-bond donors (Lipinski definition) is 3. The molecule has 8 heteroatoms. The summed E-state index contributed by atoms with van der Waals surface area (Å²) in [5.41, 5.74) is 0.0312. The minimum Gasteiger partial charge on any atom is -0.504 e. The van der Waals surface area contributed by atoms with E-state index >= 15 is 0 Å². The highest BCUT2D eigenvalue weighted by Crippen LogP contribution is 2.65. The van der Waals surface area contributed by atoms with Gasteiger partial charge in [-0.3, -0.25) is 14.5 Å². The molecule has 7 rings (SSSR count). The van der Waals surface area contributed by atoms with Gasteiger partial charge in [-0.1, -0.05) is 12.1 Å². The van der Waals surface area contributed by atoms with Crippen LogP contribution >= 0.6 is 0 Å². The lowest BCUT2D eigenvalue weighted by molar-refractivity contribution is -0.197. The van der Waals surface area contributed by atoms with E-state index in [1.807, 2.05) is 6.07 Å². The predicted octanol–water partition coefficient (Wildman–Crippen LogP) is 2.40. The third kappa shape index (κ3) is 2.82. The SMILES string of the molecule is COc1cccc(NC(=O)C2C[C@@]3(O)[C@H]4Cc5ccc(O)c6c5[C@@]3(CCN4CC3CC3)[C@@H](O6)C2=O)c1. The Bertz CT molecular complexity index is 1290. The van der Waals surface area contributed by atoms with Crippen molar-refractivity contribution >= 4 is 17.4 Å². The Morgan fingerprint density at radius 1 is 1.28 bits per heavy atom. The van der Waals surface area contributed by atoms with Gasteiger partial charge in [0.2, 0.25) is 5.91 Å². The number of phenols is 1. The van der Waals surface area contributed by atoms with E-state index in [9.17, 15) is 19.8 Å². The van der Waals surface area contributed by atoms with Gasteiger partial charge in [-0.2, -0.15) is 0 Å². The average molecular weight is 491 g/mol. The number of piperidine rings is 1. The number of likely N-dealkylation sites (tertiary alicyclic amines) is 1. The number of anilines is 1. The normalized spacial score (nSPS) is 34.1. The Hall–Kier alpha value is -3.10. The molecule has 2 aromatic carbocycles. The van der Waals surface area contributed by atoms with Crippen LogP contribution < -0.4 is 14.8 Å². The number of hydrogen-bond acceptors (Lipinski definition) is 7. The first-order chi connectivity index (χ1) is 17.4. The molecule has 188 valence electrons. The zero-order valence-electron chi connectivity index (χ0n) is 20.2. The van der Waals surface area contributed by atoms with Crippen molar-refractivity contribution in [3.8, 4) is 17.2 Å². The maximum Gasteiger partial charge on any atom is 0.235 e. The average Bonchev–Trinajstić information content (AvgIpc) is 3.61. The number of aromatic hydroxyl groups is 1. The Morgan fingerprint density at radius 3 is 2.89 bits per heavy atom. The van der Waals surface area contributed by atoms with Gasteiger partial charge in [0, 0.05) is 29.9 Å². The summed E-state index contributed by atoms with van der Waals surface area (Å²) in [4.78, 5) is 29.8. The molecule has 1 amide bonds. The van der Waals surface area contributed by atoms with Crippen LogP contribution in [0.5, 0.6) is 17.2 Å². The van der Waals surface area contributed by atoms with Crippen LogP contribution in [0.3, 0.4) is 0 Å². The Kier molecular flexibility index (Phi) is 4.58. The van der Waals surface area contributed by atoms with Crippen LogP contribution in [-0.4, -0.2) is 64.7 Å². The monoisotopic (exact) mass is 490 g/mol. The fraction of sp³-hybridized carbons (Fsp3) is 0.500. The van der Waals surface area contributed by atoms with Gasteiger partial charge in [0.1, 0.15) is 11.7 Å². The largest absolute Gasteiger partial charge is 0.504 e. The number of aliphatic hydroxyl groups is 1. The zero-order chi connectivity index (χ0) is 24.8. The number of ether oxygens (including phenoxy) is 2. The summed E-state index contributed by atoms with van der Waals surface area (Å²) in [6.45, 7) is 1.68. The second-order valence-corrected chi connectivity index (χ2v) is 11.1. The standard InChI is InChI=1S/C28H30N2O6/c1-35-18-4-2-3-17(12-18)29-26(33)19-13-28(34)21-11-16-7-8-20(31)24-22(16)27(28,25(36-24)23(19)32)9-10-30(21)14-15-5-6-15/h2-4,7-8,12,15,19,21,25,31,34H,5-6,9-11,13-14H2,1H3,(H,29,33)/t19?,21-,25+,27+,28-/m1/s1. The summed E-state index contributed by atoms with van der Waals surface area (Å²) in [7, 11) is 1.55. The minimum absolute atomic E-state index is 0.0242. The van der Waals surface area contributed by atoms with E-state index in [2.05, 4.69) is 10.2 Å². The number of amides is 1. The highest BCUT2D eigenvalue weighted by molar-refractivity contribution is 6.10. The molecular formula is C28H30N2O6. The molecule has 2 heterocycles. The van der Waals surface area contributed by atoms with Crippen molar-refractivity contribution in [1.82, 2.24) is 4.90 Å². The van der Waals surface area contributed by atoms with Crippen LogP contribution in [0.15, 0.2) is 36.4 Å². The Balaban J connectivity index is 1.30. The molecule has 36 heavy (non-hydrogen) atoms. The van der Waals surface area contributed by atoms with Gasteiger partial charge in [-0.15, -0.1) is 0 Å². The van der Waals surface area contributed by atoms with Gasteiger partial charge in [0.05, 0.1) is 18.1 Å². The molecule has 0 radical (unpaired) electrons. The van der Waals surface area contributed by atoms with Gasteiger partial charge >= 0.3 is 0 Å². The van der Waals surface area contributed by atoms with Crippen LogP contribution in [0.25, 0.3) is 0 Å². The van der Waals surface area contributed by atoms with Crippen molar-refractivity contribution in [2.45, 2.75) is 55.3 Å². The lowest BCUT2D eigenvalue weighted by Gasteiger charge is -2.63. The minimum atomic E-state index is -1.33. The van der Waals surface area contributed by atoms with E-state index in [-0.39, 0.29) is 24.0 Å². The topological polar surface area (TPSA) is 108 Å². The highest BCUT2D eigenvalue weighted by Gasteiger charge is 2.75. The van der Waals surface area contributed by atoms with Gasteiger partial charge in [-0.25, -0.2) is 0 Å². The summed E-state index contributed by atoms with van der Waals surface area (Å²) in [5.74, 6) is -0.351. The summed E-state index contributed by atoms with van der Waals surface area (Å²) in [6, 6.07) is 10.3. The number of carbonyl (C=O) groups excluding carboxylic acids is 2. The summed E-state index contributed by atoms with van der Waals surface area (Å²) >= 11 is 0. The van der Waals surface area contributed by atoms with Gasteiger partial charge in [0.15, 0.2) is 23.4 Å². The lowest BCUT2D eigenvalue weighted by Crippen LogP contribution is -2.78. The number of nitrogens with zero attached hydrogens (tertiary/aromatic N) is 1. The van der Waals surface area contributed by atoms with Gasteiger partial charge in [-0.05, 0) is 68.3 Å². The molecule has 1 saturated heterocycles. The van der Waals surface area contributed by atoms with Crippen LogP contribution in [0.4, 0.5) is 5.69 Å². The summed E-state index contributed by atoms with van der Waals surface area (Å²) < 4.78 is 11.5. The van der Waals surface area contributed by atoms with E-state index in [0.717, 1.165) is 24.2 Å². The number of phenolic OH excluding ortho intramolecular Hbond substituents is 1. The van der Waals surface area contributed by atoms with Gasteiger partial charge in [0.25, 0.3) is 0 Å². The molecule has 0 aromatic heterocycles. The molecule has 3 N–H and O–H groups in total. The Morgan fingerprint density at radius 2 is 2.11 bits per heavy atom. The molecule has 3 fully saturated rings. The molecule has 8 nitrogen and oxygen atoms in total. The maximum absolute atomic E-state index is 13.9.